The van der Waals surface area contributed by atoms with E-state index in [-0.39, 0.29) is 0 Å². The Morgan fingerprint density at radius 3 is 2.40 bits per heavy atom. The Labute approximate surface area is 180 Å². The molecule has 0 saturated carbocycles. The third-order valence-corrected chi connectivity index (χ3v) is 6.83. The van der Waals surface area contributed by atoms with Gasteiger partial charge in [-0.2, -0.15) is 0 Å². The SMILES string of the molecule is CCN(CC)CCCCCCn1c2ccccc2c2c(C)c3cnccc3c(C)c21. The van der Waals surface area contributed by atoms with Crippen molar-refractivity contribution in [3.05, 3.63) is 53.9 Å². The number of fused-ring (bicyclic) bond motifs is 4. The molecule has 0 aliphatic heterocycles. The van der Waals surface area contributed by atoms with Gasteiger partial charge in [0.1, 0.15) is 0 Å². The van der Waals surface area contributed by atoms with Crippen LogP contribution >= 0.6 is 0 Å². The zero-order valence-electron chi connectivity index (χ0n) is 19.0. The monoisotopic (exact) mass is 401 g/mol. The minimum absolute atomic E-state index is 1.09. The quantitative estimate of drug-likeness (QED) is 0.286. The van der Waals surface area contributed by atoms with E-state index >= 15 is 0 Å². The van der Waals surface area contributed by atoms with Crippen LogP contribution in [0, 0.1) is 13.8 Å². The first kappa shape index (κ1) is 20.9. The van der Waals surface area contributed by atoms with Crippen molar-refractivity contribution in [1.82, 2.24) is 14.5 Å². The number of benzene rings is 2. The highest BCUT2D eigenvalue weighted by Gasteiger charge is 2.17. The van der Waals surface area contributed by atoms with Gasteiger partial charge in [-0.3, -0.25) is 4.98 Å². The van der Waals surface area contributed by atoms with Gasteiger partial charge in [0.05, 0.1) is 5.52 Å². The molecule has 0 aliphatic rings. The van der Waals surface area contributed by atoms with Gasteiger partial charge in [-0.15, -0.1) is 0 Å². The van der Waals surface area contributed by atoms with Crippen LogP contribution in [-0.2, 0) is 6.54 Å². The molecular formula is C27H35N3. The van der Waals surface area contributed by atoms with Crippen LogP contribution < -0.4 is 0 Å². The van der Waals surface area contributed by atoms with Gasteiger partial charge in [0, 0.05) is 40.6 Å². The Balaban J connectivity index is 1.64. The molecule has 0 spiro atoms. The number of aromatic nitrogens is 2. The molecule has 0 amide bonds. The van der Waals surface area contributed by atoms with Gasteiger partial charge < -0.3 is 9.47 Å². The van der Waals surface area contributed by atoms with Gasteiger partial charge in [-0.25, -0.2) is 0 Å². The lowest BCUT2D eigenvalue weighted by Gasteiger charge is -2.17. The molecule has 0 radical (unpaired) electrons. The molecular weight excluding hydrogens is 366 g/mol. The van der Waals surface area contributed by atoms with E-state index in [0.717, 1.165) is 6.54 Å². The number of pyridine rings is 1. The van der Waals surface area contributed by atoms with Crippen LogP contribution in [0.15, 0.2) is 42.7 Å². The summed E-state index contributed by atoms with van der Waals surface area (Å²) >= 11 is 0. The minimum atomic E-state index is 1.09. The predicted molar refractivity (Wildman–Crippen MR) is 130 cm³/mol. The summed E-state index contributed by atoms with van der Waals surface area (Å²) in [6.07, 6.45) is 9.11. The highest BCUT2D eigenvalue weighted by Crippen LogP contribution is 2.38. The Morgan fingerprint density at radius 1 is 0.833 bits per heavy atom. The van der Waals surface area contributed by atoms with Crippen LogP contribution in [0.3, 0.4) is 0 Å². The molecule has 0 aliphatic carbocycles. The molecule has 0 atom stereocenters. The third kappa shape index (κ3) is 3.72. The molecule has 4 rings (SSSR count). The minimum Gasteiger partial charge on any atom is -0.340 e. The summed E-state index contributed by atoms with van der Waals surface area (Å²) in [5.74, 6) is 0. The Hall–Kier alpha value is -2.39. The second kappa shape index (κ2) is 9.18. The molecule has 30 heavy (non-hydrogen) atoms. The maximum atomic E-state index is 4.40. The van der Waals surface area contributed by atoms with Crippen molar-refractivity contribution in [2.75, 3.05) is 19.6 Å². The molecule has 3 nitrogen and oxygen atoms in total. The predicted octanol–water partition coefficient (Wildman–Crippen LogP) is 6.86. The average Bonchev–Trinajstić information content (AvgIpc) is 3.12. The van der Waals surface area contributed by atoms with Crippen LogP contribution in [0.25, 0.3) is 32.6 Å². The second-order valence-electron chi connectivity index (χ2n) is 8.50. The van der Waals surface area contributed by atoms with E-state index in [1.54, 1.807) is 0 Å². The molecule has 158 valence electrons. The van der Waals surface area contributed by atoms with E-state index in [1.165, 1.54) is 89.0 Å². The van der Waals surface area contributed by atoms with Gasteiger partial charge in [-0.1, -0.05) is 44.9 Å². The second-order valence-corrected chi connectivity index (χ2v) is 8.50. The lowest BCUT2D eigenvalue weighted by atomic mass is 9.97. The lowest BCUT2D eigenvalue weighted by molar-refractivity contribution is 0.295. The molecule has 4 aromatic rings. The van der Waals surface area contributed by atoms with Crippen molar-refractivity contribution in [3.63, 3.8) is 0 Å². The van der Waals surface area contributed by atoms with Crippen molar-refractivity contribution in [2.24, 2.45) is 0 Å². The van der Waals surface area contributed by atoms with Gasteiger partial charge in [0.15, 0.2) is 0 Å². The summed E-state index contributed by atoms with van der Waals surface area (Å²) in [6.45, 7) is 13.7. The summed E-state index contributed by atoms with van der Waals surface area (Å²) in [6, 6.07) is 11.1. The first-order chi connectivity index (χ1) is 14.7. The zero-order chi connectivity index (χ0) is 21.1. The molecule has 0 unspecified atom stereocenters. The Morgan fingerprint density at radius 2 is 1.60 bits per heavy atom. The molecule has 0 fully saturated rings. The number of para-hydroxylation sites is 1. The standard InChI is InChI=1S/C27H35N3/c1-5-29(6-2)17-11-7-8-12-18-30-25-14-10-9-13-23(25)26-20(3)24-19-28-16-15-22(24)21(4)27(26)30/h9-10,13-16,19H,5-8,11-12,17-18H2,1-4H3. The summed E-state index contributed by atoms with van der Waals surface area (Å²) in [5, 5.41) is 5.39. The number of aryl methyl sites for hydroxylation is 3. The maximum Gasteiger partial charge on any atom is 0.0530 e. The van der Waals surface area contributed by atoms with E-state index in [4.69, 9.17) is 0 Å². The van der Waals surface area contributed by atoms with Gasteiger partial charge >= 0.3 is 0 Å². The van der Waals surface area contributed by atoms with E-state index in [9.17, 15) is 0 Å². The van der Waals surface area contributed by atoms with Gasteiger partial charge in [0.2, 0.25) is 0 Å². The van der Waals surface area contributed by atoms with Gasteiger partial charge in [-0.05, 0) is 75.0 Å². The van der Waals surface area contributed by atoms with Crippen LogP contribution in [0.5, 0.6) is 0 Å². The molecule has 2 heterocycles. The first-order valence-corrected chi connectivity index (χ1v) is 11.6. The fraction of sp³-hybridized carbons (Fsp3) is 0.444. The van der Waals surface area contributed by atoms with E-state index in [2.05, 4.69) is 72.5 Å². The van der Waals surface area contributed by atoms with Crippen LogP contribution in [0.1, 0.15) is 50.7 Å². The number of hydrogen-bond acceptors (Lipinski definition) is 2. The van der Waals surface area contributed by atoms with E-state index in [0.29, 0.717) is 0 Å². The highest BCUT2D eigenvalue weighted by atomic mass is 15.1. The topological polar surface area (TPSA) is 21.1 Å². The average molecular weight is 402 g/mol. The molecule has 0 bridgehead atoms. The Bertz CT molecular complexity index is 1150. The van der Waals surface area contributed by atoms with E-state index < -0.39 is 0 Å². The molecule has 2 aromatic carbocycles. The number of hydrogen-bond donors (Lipinski definition) is 0. The molecule has 3 heteroatoms. The number of rotatable bonds is 9. The summed E-state index contributed by atoms with van der Waals surface area (Å²) in [5.41, 5.74) is 5.51. The van der Waals surface area contributed by atoms with Crippen LogP contribution in [0.4, 0.5) is 0 Å². The Kier molecular flexibility index (Phi) is 6.38. The largest absolute Gasteiger partial charge is 0.340 e. The number of unbranched alkanes of at least 4 members (excludes halogenated alkanes) is 3. The van der Waals surface area contributed by atoms with Gasteiger partial charge in [0.25, 0.3) is 0 Å². The highest BCUT2D eigenvalue weighted by molar-refractivity contribution is 6.16. The smallest absolute Gasteiger partial charge is 0.0530 e. The fourth-order valence-electron chi connectivity index (χ4n) is 5.09. The molecule has 0 saturated heterocycles. The van der Waals surface area contributed by atoms with Crippen molar-refractivity contribution < 1.29 is 0 Å². The van der Waals surface area contributed by atoms with Crippen LogP contribution in [-0.4, -0.2) is 34.1 Å². The van der Waals surface area contributed by atoms with Crippen molar-refractivity contribution >= 4 is 32.6 Å². The molecule has 0 N–H and O–H groups in total. The zero-order valence-corrected chi connectivity index (χ0v) is 19.0. The summed E-state index contributed by atoms with van der Waals surface area (Å²) in [4.78, 5) is 6.93. The normalized spacial score (nSPS) is 12.0. The van der Waals surface area contributed by atoms with Crippen molar-refractivity contribution in [2.45, 2.75) is 59.9 Å². The fourth-order valence-corrected chi connectivity index (χ4v) is 5.09. The van der Waals surface area contributed by atoms with Crippen molar-refractivity contribution in [1.29, 1.82) is 0 Å². The third-order valence-electron chi connectivity index (χ3n) is 6.83. The maximum absolute atomic E-state index is 4.40. The summed E-state index contributed by atoms with van der Waals surface area (Å²) in [7, 11) is 0. The summed E-state index contributed by atoms with van der Waals surface area (Å²) < 4.78 is 2.58. The molecule has 2 aromatic heterocycles. The first-order valence-electron chi connectivity index (χ1n) is 11.6. The van der Waals surface area contributed by atoms with E-state index in [1.807, 2.05) is 12.4 Å². The van der Waals surface area contributed by atoms with Crippen LogP contribution in [0.2, 0.25) is 0 Å². The number of nitrogens with zero attached hydrogens (tertiary/aromatic N) is 3. The lowest BCUT2D eigenvalue weighted by Crippen LogP contribution is -2.23. The van der Waals surface area contributed by atoms with Crippen molar-refractivity contribution in [3.8, 4) is 0 Å².